The molecule has 8 nitrogen and oxygen atoms in total. The molecule has 0 fully saturated rings. The molecule has 0 atom stereocenters. The second kappa shape index (κ2) is 11.3. The number of ether oxygens (including phenoxy) is 3. The van der Waals surface area contributed by atoms with Crippen molar-refractivity contribution < 1.29 is 28.6 Å². The third-order valence-corrected chi connectivity index (χ3v) is 3.93. The molecule has 30 heavy (non-hydrogen) atoms. The molecule has 0 radical (unpaired) electrons. The van der Waals surface area contributed by atoms with Gasteiger partial charge in [-0.3, -0.25) is 9.59 Å². The Bertz CT molecular complexity index is 939. The number of carbonyl (C=O) groups is 3. The van der Waals surface area contributed by atoms with Gasteiger partial charge in [0.2, 0.25) is 0 Å². The Hall–Kier alpha value is -3.81. The van der Waals surface area contributed by atoms with Gasteiger partial charge in [0.1, 0.15) is 11.5 Å². The van der Waals surface area contributed by atoms with Gasteiger partial charge in [0, 0.05) is 35.5 Å². The fourth-order valence-corrected chi connectivity index (χ4v) is 2.50. The maximum absolute atomic E-state index is 12.0. The molecule has 0 saturated carbocycles. The molecule has 8 heteroatoms. The van der Waals surface area contributed by atoms with Crippen LogP contribution in [0.25, 0.3) is 6.08 Å². The Morgan fingerprint density at radius 2 is 1.83 bits per heavy atom. The number of carbonyl (C=O) groups excluding carboxylic acids is 3. The molecular weight excluding hydrogens is 388 g/mol. The van der Waals surface area contributed by atoms with Gasteiger partial charge in [0.05, 0.1) is 14.2 Å². The van der Waals surface area contributed by atoms with Crippen LogP contribution in [0.2, 0.25) is 0 Å². The lowest BCUT2D eigenvalue weighted by Gasteiger charge is -2.08. The summed E-state index contributed by atoms with van der Waals surface area (Å²) >= 11 is 0. The molecule has 2 amide bonds. The molecule has 0 aliphatic heterocycles. The summed E-state index contributed by atoms with van der Waals surface area (Å²) in [7, 11) is 3.05. The van der Waals surface area contributed by atoms with E-state index in [4.69, 9.17) is 14.2 Å². The first-order valence-electron chi connectivity index (χ1n) is 9.21. The minimum absolute atomic E-state index is 0.237. The van der Waals surface area contributed by atoms with Crippen LogP contribution in [0.15, 0.2) is 48.5 Å². The van der Waals surface area contributed by atoms with Crippen LogP contribution in [0.1, 0.15) is 22.8 Å². The molecular formula is C22H24N2O6. The zero-order valence-corrected chi connectivity index (χ0v) is 17.1. The molecule has 0 unspecified atom stereocenters. The van der Waals surface area contributed by atoms with Crippen LogP contribution in [0.3, 0.4) is 0 Å². The van der Waals surface area contributed by atoms with E-state index in [-0.39, 0.29) is 5.91 Å². The molecule has 0 bridgehead atoms. The summed E-state index contributed by atoms with van der Waals surface area (Å²) in [6.45, 7) is 1.85. The zero-order chi connectivity index (χ0) is 21.9. The predicted molar refractivity (Wildman–Crippen MR) is 113 cm³/mol. The Kier molecular flexibility index (Phi) is 8.43. The monoisotopic (exact) mass is 412 g/mol. The largest absolute Gasteiger partial charge is 0.497 e. The van der Waals surface area contributed by atoms with Crippen molar-refractivity contribution in [1.29, 1.82) is 0 Å². The second-order valence-corrected chi connectivity index (χ2v) is 6.04. The molecule has 158 valence electrons. The fourth-order valence-electron chi connectivity index (χ4n) is 2.50. The quantitative estimate of drug-likeness (QED) is 0.485. The molecule has 2 N–H and O–H groups in total. The van der Waals surface area contributed by atoms with Crippen molar-refractivity contribution in [3.05, 3.63) is 59.7 Å². The maximum atomic E-state index is 12.0. The van der Waals surface area contributed by atoms with Gasteiger partial charge in [-0.1, -0.05) is 6.07 Å². The highest BCUT2D eigenvalue weighted by atomic mass is 16.5. The standard InChI is InChI=1S/C22H24N2O6/c1-4-23-22(27)16-6-5-7-17(12-16)24-20(25)14-30-21(26)11-9-15-8-10-18(28-2)13-19(15)29-3/h5-13H,4,14H2,1-3H3,(H,23,27)(H,24,25)/b11-9+. The normalized spacial score (nSPS) is 10.4. The SMILES string of the molecule is CCNC(=O)c1cccc(NC(=O)COC(=O)/C=C/c2ccc(OC)cc2OC)c1. The topological polar surface area (TPSA) is 103 Å². The number of hydrogen-bond donors (Lipinski definition) is 2. The van der Waals surface area contributed by atoms with Crippen LogP contribution in [-0.4, -0.2) is 45.2 Å². The van der Waals surface area contributed by atoms with Crippen LogP contribution in [0.5, 0.6) is 11.5 Å². The minimum Gasteiger partial charge on any atom is -0.497 e. The van der Waals surface area contributed by atoms with E-state index in [2.05, 4.69) is 10.6 Å². The van der Waals surface area contributed by atoms with E-state index in [1.807, 2.05) is 6.92 Å². The van der Waals surface area contributed by atoms with Gasteiger partial charge in [0.25, 0.3) is 11.8 Å². The second-order valence-electron chi connectivity index (χ2n) is 6.04. The minimum atomic E-state index is -0.681. The highest BCUT2D eigenvalue weighted by Crippen LogP contribution is 2.25. The average Bonchev–Trinajstić information content (AvgIpc) is 2.76. The van der Waals surface area contributed by atoms with E-state index in [0.717, 1.165) is 0 Å². The molecule has 0 aliphatic carbocycles. The van der Waals surface area contributed by atoms with Gasteiger partial charge >= 0.3 is 5.97 Å². The highest BCUT2D eigenvalue weighted by Gasteiger charge is 2.09. The molecule has 0 saturated heterocycles. The van der Waals surface area contributed by atoms with Crippen LogP contribution in [-0.2, 0) is 14.3 Å². The molecule has 2 aromatic carbocycles. The summed E-state index contributed by atoms with van der Waals surface area (Å²) in [5, 5.41) is 5.27. The fraction of sp³-hybridized carbons (Fsp3) is 0.227. The van der Waals surface area contributed by atoms with E-state index < -0.39 is 18.5 Å². The predicted octanol–water partition coefficient (Wildman–Crippen LogP) is 2.65. The van der Waals surface area contributed by atoms with Crippen LogP contribution >= 0.6 is 0 Å². The third kappa shape index (κ3) is 6.66. The lowest BCUT2D eigenvalue weighted by Crippen LogP contribution is -2.23. The van der Waals surface area contributed by atoms with Crippen molar-refractivity contribution in [2.24, 2.45) is 0 Å². The Morgan fingerprint density at radius 3 is 2.53 bits per heavy atom. The lowest BCUT2D eigenvalue weighted by atomic mass is 10.2. The summed E-state index contributed by atoms with van der Waals surface area (Å²) in [6, 6.07) is 11.6. The van der Waals surface area contributed by atoms with Gasteiger partial charge in [-0.05, 0) is 43.3 Å². The smallest absolute Gasteiger partial charge is 0.331 e. The van der Waals surface area contributed by atoms with E-state index in [0.29, 0.717) is 34.9 Å². The van der Waals surface area contributed by atoms with Crippen molar-refractivity contribution in [1.82, 2.24) is 5.32 Å². The number of esters is 1. The summed E-state index contributed by atoms with van der Waals surface area (Å²) in [4.78, 5) is 35.8. The zero-order valence-electron chi connectivity index (χ0n) is 17.1. The van der Waals surface area contributed by atoms with Crippen LogP contribution in [0.4, 0.5) is 5.69 Å². The van der Waals surface area contributed by atoms with E-state index in [9.17, 15) is 14.4 Å². The number of anilines is 1. The first-order chi connectivity index (χ1) is 14.5. The van der Waals surface area contributed by atoms with Crippen molar-refractivity contribution in [3.8, 4) is 11.5 Å². The Morgan fingerprint density at radius 1 is 1.03 bits per heavy atom. The van der Waals surface area contributed by atoms with Crippen molar-refractivity contribution in [2.45, 2.75) is 6.92 Å². The number of amides is 2. The maximum Gasteiger partial charge on any atom is 0.331 e. The van der Waals surface area contributed by atoms with Gasteiger partial charge in [-0.2, -0.15) is 0 Å². The van der Waals surface area contributed by atoms with Gasteiger partial charge in [0.15, 0.2) is 6.61 Å². The Labute approximate surface area is 174 Å². The molecule has 2 aromatic rings. The van der Waals surface area contributed by atoms with Crippen molar-refractivity contribution >= 4 is 29.5 Å². The van der Waals surface area contributed by atoms with E-state index >= 15 is 0 Å². The van der Waals surface area contributed by atoms with Crippen molar-refractivity contribution in [2.75, 3.05) is 32.7 Å². The number of methoxy groups -OCH3 is 2. The highest BCUT2D eigenvalue weighted by molar-refractivity contribution is 5.98. The molecule has 0 aromatic heterocycles. The van der Waals surface area contributed by atoms with E-state index in [1.54, 1.807) is 49.6 Å². The number of benzene rings is 2. The number of hydrogen-bond acceptors (Lipinski definition) is 6. The molecule has 0 heterocycles. The van der Waals surface area contributed by atoms with Gasteiger partial charge in [-0.15, -0.1) is 0 Å². The average molecular weight is 412 g/mol. The first-order valence-corrected chi connectivity index (χ1v) is 9.21. The van der Waals surface area contributed by atoms with Crippen LogP contribution < -0.4 is 20.1 Å². The lowest BCUT2D eigenvalue weighted by molar-refractivity contribution is -0.142. The van der Waals surface area contributed by atoms with Crippen molar-refractivity contribution in [3.63, 3.8) is 0 Å². The van der Waals surface area contributed by atoms with E-state index in [1.165, 1.54) is 19.3 Å². The molecule has 0 spiro atoms. The molecule has 0 aliphatic rings. The van der Waals surface area contributed by atoms with Gasteiger partial charge in [-0.25, -0.2) is 4.79 Å². The summed E-state index contributed by atoms with van der Waals surface area (Å²) < 4.78 is 15.3. The summed E-state index contributed by atoms with van der Waals surface area (Å²) in [6.07, 6.45) is 2.72. The third-order valence-electron chi connectivity index (χ3n) is 3.93. The summed E-state index contributed by atoms with van der Waals surface area (Å²) in [5.74, 6) is -0.285. The number of nitrogens with one attached hydrogen (secondary N) is 2. The number of rotatable bonds is 9. The summed E-state index contributed by atoms with van der Waals surface area (Å²) in [5.41, 5.74) is 1.50. The Balaban J connectivity index is 1.89. The van der Waals surface area contributed by atoms with Gasteiger partial charge < -0.3 is 24.8 Å². The molecule has 2 rings (SSSR count). The first kappa shape index (κ1) is 22.5. The van der Waals surface area contributed by atoms with Crippen LogP contribution in [0, 0.1) is 0 Å².